The number of fused-ring (bicyclic) bond motifs is 1. The lowest BCUT2D eigenvalue weighted by atomic mass is 10.1. The Morgan fingerprint density at radius 3 is 2.79 bits per heavy atom. The van der Waals surface area contributed by atoms with Crippen molar-refractivity contribution in [1.29, 1.82) is 0 Å². The summed E-state index contributed by atoms with van der Waals surface area (Å²) in [6.07, 6.45) is 6.63. The van der Waals surface area contributed by atoms with E-state index in [1.807, 2.05) is 22.9 Å². The first-order chi connectivity index (χ1) is 9.36. The van der Waals surface area contributed by atoms with Gasteiger partial charge < -0.3 is 4.74 Å². The Bertz CT molecular complexity index is 640. The fourth-order valence-electron chi connectivity index (χ4n) is 2.03. The molecule has 0 unspecified atom stereocenters. The molecule has 0 spiro atoms. The predicted molar refractivity (Wildman–Crippen MR) is 74.0 cm³/mol. The Balaban J connectivity index is 1.88. The zero-order chi connectivity index (χ0) is 13.1. The van der Waals surface area contributed by atoms with Gasteiger partial charge in [0.1, 0.15) is 0 Å². The number of hydrogen-bond donors (Lipinski definition) is 0. The number of aromatic nitrogens is 3. The van der Waals surface area contributed by atoms with Crippen LogP contribution in [0, 0.1) is 0 Å². The van der Waals surface area contributed by atoms with E-state index in [1.165, 1.54) is 5.56 Å². The Labute approximate surface area is 111 Å². The summed E-state index contributed by atoms with van der Waals surface area (Å²) >= 11 is 0. The molecule has 4 nitrogen and oxygen atoms in total. The number of hydrogen-bond acceptors (Lipinski definition) is 3. The fraction of sp³-hybridized carbons (Fsp3) is 0.200. The van der Waals surface area contributed by atoms with Gasteiger partial charge >= 0.3 is 0 Å². The van der Waals surface area contributed by atoms with Crippen LogP contribution in [0.25, 0.3) is 17.0 Å². The molecule has 0 radical (unpaired) electrons. The van der Waals surface area contributed by atoms with Crippen LogP contribution in [0.3, 0.4) is 0 Å². The number of ether oxygens (including phenoxy) is 1. The van der Waals surface area contributed by atoms with Crippen LogP contribution < -0.4 is 0 Å². The Hall–Kier alpha value is -2.20. The fourth-order valence-corrected chi connectivity index (χ4v) is 2.03. The van der Waals surface area contributed by atoms with Gasteiger partial charge in [-0.25, -0.2) is 9.97 Å². The van der Waals surface area contributed by atoms with Crippen molar-refractivity contribution in [3.8, 4) is 11.3 Å². The van der Waals surface area contributed by atoms with E-state index in [0.717, 1.165) is 30.1 Å². The molecule has 0 fully saturated rings. The summed E-state index contributed by atoms with van der Waals surface area (Å²) in [7, 11) is 1.72. The van der Waals surface area contributed by atoms with Crippen molar-refractivity contribution in [1.82, 2.24) is 14.4 Å². The molecule has 0 saturated heterocycles. The SMILES string of the molecule is COCCc1ccc(-c2cn3cccnc3n2)cc1. The second kappa shape index (κ2) is 5.20. The van der Waals surface area contributed by atoms with Gasteiger partial charge in [-0.2, -0.15) is 0 Å². The van der Waals surface area contributed by atoms with E-state index in [-0.39, 0.29) is 0 Å². The monoisotopic (exact) mass is 253 g/mol. The third-order valence-electron chi connectivity index (χ3n) is 3.08. The molecule has 0 amide bonds. The van der Waals surface area contributed by atoms with Crippen molar-refractivity contribution in [3.05, 3.63) is 54.5 Å². The number of rotatable bonds is 4. The summed E-state index contributed by atoms with van der Waals surface area (Å²) in [6.45, 7) is 0.748. The third-order valence-corrected chi connectivity index (χ3v) is 3.08. The summed E-state index contributed by atoms with van der Waals surface area (Å²) in [5.41, 5.74) is 3.32. The Morgan fingerprint density at radius 2 is 2.05 bits per heavy atom. The smallest absolute Gasteiger partial charge is 0.234 e. The van der Waals surface area contributed by atoms with Gasteiger partial charge in [0.2, 0.25) is 5.78 Å². The average Bonchev–Trinajstić information content (AvgIpc) is 2.89. The van der Waals surface area contributed by atoms with E-state index in [4.69, 9.17) is 4.74 Å². The Morgan fingerprint density at radius 1 is 1.21 bits per heavy atom. The molecule has 2 aromatic heterocycles. The van der Waals surface area contributed by atoms with Crippen LogP contribution in [0.15, 0.2) is 48.9 Å². The maximum atomic E-state index is 5.08. The second-order valence-electron chi connectivity index (χ2n) is 4.39. The lowest BCUT2D eigenvalue weighted by Crippen LogP contribution is -1.93. The van der Waals surface area contributed by atoms with Gasteiger partial charge in [-0.15, -0.1) is 0 Å². The van der Waals surface area contributed by atoms with Crippen LogP contribution in [0.2, 0.25) is 0 Å². The highest BCUT2D eigenvalue weighted by molar-refractivity contribution is 5.61. The average molecular weight is 253 g/mol. The van der Waals surface area contributed by atoms with Gasteiger partial charge in [-0.1, -0.05) is 24.3 Å². The van der Waals surface area contributed by atoms with E-state index in [0.29, 0.717) is 0 Å². The highest BCUT2D eigenvalue weighted by atomic mass is 16.5. The second-order valence-corrected chi connectivity index (χ2v) is 4.39. The molecular formula is C15H15N3O. The van der Waals surface area contributed by atoms with Gasteiger partial charge in [0, 0.05) is 31.3 Å². The minimum absolute atomic E-state index is 0.723. The number of imidazole rings is 1. The zero-order valence-corrected chi connectivity index (χ0v) is 10.8. The molecule has 0 atom stereocenters. The summed E-state index contributed by atoms with van der Waals surface area (Å²) in [6, 6.07) is 10.3. The summed E-state index contributed by atoms with van der Waals surface area (Å²) in [4.78, 5) is 8.72. The molecule has 19 heavy (non-hydrogen) atoms. The van der Waals surface area contributed by atoms with Crippen LogP contribution in [-0.2, 0) is 11.2 Å². The number of nitrogens with zero attached hydrogens (tertiary/aromatic N) is 3. The highest BCUT2D eigenvalue weighted by Gasteiger charge is 2.04. The molecule has 0 aliphatic rings. The van der Waals surface area contributed by atoms with Crippen molar-refractivity contribution in [3.63, 3.8) is 0 Å². The van der Waals surface area contributed by atoms with Crippen molar-refractivity contribution in [2.45, 2.75) is 6.42 Å². The van der Waals surface area contributed by atoms with Gasteiger partial charge in [0.05, 0.1) is 12.3 Å². The van der Waals surface area contributed by atoms with Crippen molar-refractivity contribution in [2.75, 3.05) is 13.7 Å². The van der Waals surface area contributed by atoms with Crippen molar-refractivity contribution >= 4 is 5.78 Å². The topological polar surface area (TPSA) is 39.4 Å². The molecule has 3 aromatic rings. The minimum atomic E-state index is 0.723. The van der Waals surface area contributed by atoms with Crippen LogP contribution in [-0.4, -0.2) is 28.1 Å². The molecule has 0 aliphatic carbocycles. The van der Waals surface area contributed by atoms with E-state index >= 15 is 0 Å². The molecular weight excluding hydrogens is 238 g/mol. The van der Waals surface area contributed by atoms with Crippen LogP contribution in [0.4, 0.5) is 0 Å². The van der Waals surface area contributed by atoms with Gasteiger partial charge in [0.25, 0.3) is 0 Å². The molecule has 2 heterocycles. The van der Waals surface area contributed by atoms with Crippen molar-refractivity contribution in [2.24, 2.45) is 0 Å². The number of methoxy groups -OCH3 is 1. The summed E-state index contributed by atoms with van der Waals surface area (Å²) in [5, 5.41) is 0. The van der Waals surface area contributed by atoms with E-state index < -0.39 is 0 Å². The third kappa shape index (κ3) is 2.48. The summed E-state index contributed by atoms with van der Waals surface area (Å²) in [5.74, 6) is 0.723. The lowest BCUT2D eigenvalue weighted by molar-refractivity contribution is 0.202. The van der Waals surface area contributed by atoms with E-state index in [9.17, 15) is 0 Å². The lowest BCUT2D eigenvalue weighted by Gasteiger charge is -2.01. The van der Waals surface area contributed by atoms with Crippen molar-refractivity contribution < 1.29 is 4.74 Å². The van der Waals surface area contributed by atoms with Crippen LogP contribution in [0.1, 0.15) is 5.56 Å². The zero-order valence-electron chi connectivity index (χ0n) is 10.8. The maximum Gasteiger partial charge on any atom is 0.234 e. The normalized spacial score (nSPS) is 11.0. The largest absolute Gasteiger partial charge is 0.384 e. The highest BCUT2D eigenvalue weighted by Crippen LogP contribution is 2.19. The molecule has 3 rings (SSSR count). The first-order valence-electron chi connectivity index (χ1n) is 6.25. The first kappa shape index (κ1) is 11.9. The quantitative estimate of drug-likeness (QED) is 0.717. The predicted octanol–water partition coefficient (Wildman–Crippen LogP) is 2.59. The molecule has 0 N–H and O–H groups in total. The van der Waals surface area contributed by atoms with Crippen LogP contribution in [0.5, 0.6) is 0 Å². The number of benzene rings is 1. The summed E-state index contributed by atoms with van der Waals surface area (Å²) < 4.78 is 7.00. The Kier molecular flexibility index (Phi) is 3.25. The molecule has 4 heteroatoms. The maximum absolute atomic E-state index is 5.08. The minimum Gasteiger partial charge on any atom is -0.384 e. The molecule has 0 bridgehead atoms. The van der Waals surface area contributed by atoms with Gasteiger partial charge in [-0.3, -0.25) is 4.40 Å². The van der Waals surface area contributed by atoms with Gasteiger partial charge in [0.15, 0.2) is 0 Å². The molecule has 1 aromatic carbocycles. The van der Waals surface area contributed by atoms with Gasteiger partial charge in [-0.05, 0) is 18.1 Å². The molecule has 0 saturated carbocycles. The molecule has 96 valence electrons. The first-order valence-corrected chi connectivity index (χ1v) is 6.25. The van der Waals surface area contributed by atoms with Crippen LogP contribution >= 0.6 is 0 Å². The molecule has 0 aliphatic heterocycles. The standard InChI is InChI=1S/C15H15N3O/c1-19-10-7-12-3-5-13(6-4-12)14-11-18-9-2-8-16-15(18)17-14/h2-6,8-9,11H,7,10H2,1H3. The van der Waals surface area contributed by atoms with E-state index in [1.54, 1.807) is 13.3 Å². The van der Waals surface area contributed by atoms with E-state index in [2.05, 4.69) is 34.2 Å².